The van der Waals surface area contributed by atoms with E-state index in [1.807, 2.05) is 42.5 Å². The van der Waals surface area contributed by atoms with Gasteiger partial charge in [0.05, 0.1) is 7.11 Å². The molecule has 112 valence electrons. The van der Waals surface area contributed by atoms with E-state index in [9.17, 15) is 4.79 Å². The maximum absolute atomic E-state index is 12.6. The average Bonchev–Trinajstić information content (AvgIpc) is 2.99. The molecule has 4 rings (SSSR count). The molecule has 0 aliphatic carbocycles. The van der Waals surface area contributed by atoms with Gasteiger partial charge in [-0.25, -0.2) is 0 Å². The molecule has 0 saturated heterocycles. The smallest absolute Gasteiger partial charge is 0.193 e. The summed E-state index contributed by atoms with van der Waals surface area (Å²) in [5.41, 5.74) is 2.80. The van der Waals surface area contributed by atoms with Crippen LogP contribution in [0, 0.1) is 0 Å². The van der Waals surface area contributed by atoms with Crippen LogP contribution in [0.15, 0.2) is 71.1 Å². The SMILES string of the molecule is COc1ccc(C(=O)c2ccc3c(c2)oc2ccccc23)cc1. The van der Waals surface area contributed by atoms with E-state index in [0.29, 0.717) is 11.1 Å². The van der Waals surface area contributed by atoms with Gasteiger partial charge in [0, 0.05) is 21.9 Å². The molecule has 1 heterocycles. The van der Waals surface area contributed by atoms with Crippen LogP contribution >= 0.6 is 0 Å². The van der Waals surface area contributed by atoms with Gasteiger partial charge in [-0.05, 0) is 42.5 Å². The van der Waals surface area contributed by atoms with Gasteiger partial charge >= 0.3 is 0 Å². The highest BCUT2D eigenvalue weighted by atomic mass is 16.5. The Labute approximate surface area is 133 Å². The molecule has 0 radical (unpaired) electrons. The minimum absolute atomic E-state index is 0.0324. The molecule has 0 unspecified atom stereocenters. The molecular formula is C20H14O3. The van der Waals surface area contributed by atoms with Crippen LogP contribution in [0.2, 0.25) is 0 Å². The molecule has 3 nitrogen and oxygen atoms in total. The van der Waals surface area contributed by atoms with Crippen LogP contribution in [0.5, 0.6) is 5.75 Å². The van der Waals surface area contributed by atoms with Gasteiger partial charge in [0.25, 0.3) is 0 Å². The predicted octanol–water partition coefficient (Wildman–Crippen LogP) is 4.83. The molecule has 0 atom stereocenters. The highest BCUT2D eigenvalue weighted by molar-refractivity contribution is 6.12. The normalized spacial score (nSPS) is 11.0. The number of fused-ring (bicyclic) bond motifs is 3. The zero-order chi connectivity index (χ0) is 15.8. The summed E-state index contributed by atoms with van der Waals surface area (Å²) >= 11 is 0. The predicted molar refractivity (Wildman–Crippen MR) is 90.1 cm³/mol. The second-order valence-corrected chi connectivity index (χ2v) is 5.37. The molecule has 23 heavy (non-hydrogen) atoms. The lowest BCUT2D eigenvalue weighted by molar-refractivity contribution is 0.103. The second-order valence-electron chi connectivity index (χ2n) is 5.37. The van der Waals surface area contributed by atoms with Crippen LogP contribution in [0.1, 0.15) is 15.9 Å². The lowest BCUT2D eigenvalue weighted by atomic mass is 10.0. The van der Waals surface area contributed by atoms with Crippen molar-refractivity contribution in [2.24, 2.45) is 0 Å². The number of benzene rings is 3. The molecule has 0 spiro atoms. The molecule has 3 aromatic carbocycles. The Kier molecular flexibility index (Phi) is 3.12. The van der Waals surface area contributed by atoms with Crippen LogP contribution in [0.4, 0.5) is 0 Å². The third-order valence-electron chi connectivity index (χ3n) is 3.99. The third-order valence-corrected chi connectivity index (χ3v) is 3.99. The molecule has 0 saturated carbocycles. The summed E-state index contributed by atoms with van der Waals surface area (Å²) in [6.45, 7) is 0. The molecule has 0 aliphatic rings. The summed E-state index contributed by atoms with van der Waals surface area (Å²) in [5, 5.41) is 2.08. The first-order valence-electron chi connectivity index (χ1n) is 7.36. The molecule has 1 aromatic heterocycles. The van der Waals surface area contributed by atoms with E-state index >= 15 is 0 Å². The lowest BCUT2D eigenvalue weighted by Gasteiger charge is -2.03. The Hall–Kier alpha value is -3.07. The molecule has 0 N–H and O–H groups in total. The van der Waals surface area contributed by atoms with Gasteiger partial charge in [0.2, 0.25) is 0 Å². The van der Waals surface area contributed by atoms with Gasteiger partial charge in [-0.1, -0.05) is 24.3 Å². The van der Waals surface area contributed by atoms with Crippen LogP contribution < -0.4 is 4.74 Å². The van der Waals surface area contributed by atoms with Crippen molar-refractivity contribution in [2.75, 3.05) is 7.11 Å². The zero-order valence-electron chi connectivity index (χ0n) is 12.6. The molecule has 0 fully saturated rings. The number of hydrogen-bond acceptors (Lipinski definition) is 3. The quantitative estimate of drug-likeness (QED) is 0.509. The molecule has 4 aromatic rings. The van der Waals surface area contributed by atoms with Crippen molar-refractivity contribution in [2.45, 2.75) is 0 Å². The summed E-state index contributed by atoms with van der Waals surface area (Å²) < 4.78 is 11.0. The first kappa shape index (κ1) is 13.6. The van der Waals surface area contributed by atoms with E-state index in [-0.39, 0.29) is 5.78 Å². The average molecular weight is 302 g/mol. The van der Waals surface area contributed by atoms with Crippen LogP contribution in [-0.2, 0) is 0 Å². The van der Waals surface area contributed by atoms with Crippen molar-refractivity contribution < 1.29 is 13.9 Å². The number of carbonyl (C=O) groups excluding carboxylic acids is 1. The van der Waals surface area contributed by atoms with Crippen LogP contribution in [0.3, 0.4) is 0 Å². The lowest BCUT2D eigenvalue weighted by Crippen LogP contribution is -2.00. The maximum Gasteiger partial charge on any atom is 0.193 e. The highest BCUT2D eigenvalue weighted by Gasteiger charge is 2.13. The summed E-state index contributed by atoms with van der Waals surface area (Å²) in [4.78, 5) is 12.6. The standard InChI is InChI=1S/C20H14O3/c1-22-15-9-6-13(7-10-15)20(21)14-8-11-17-16-4-2-3-5-18(16)23-19(17)12-14/h2-12H,1H3. The molecule has 0 bridgehead atoms. The van der Waals surface area contributed by atoms with Crippen LogP contribution in [0.25, 0.3) is 21.9 Å². The molecule has 0 amide bonds. The number of rotatable bonds is 3. The number of carbonyl (C=O) groups is 1. The number of furan rings is 1. The minimum atomic E-state index is -0.0324. The number of ketones is 1. The van der Waals surface area contributed by atoms with E-state index in [1.54, 1.807) is 31.4 Å². The molecule has 3 heteroatoms. The second kappa shape index (κ2) is 5.29. The Balaban J connectivity index is 1.78. The van der Waals surface area contributed by atoms with Gasteiger partial charge in [0.15, 0.2) is 5.78 Å². The van der Waals surface area contributed by atoms with E-state index in [4.69, 9.17) is 9.15 Å². The Morgan fingerprint density at radius 2 is 1.52 bits per heavy atom. The van der Waals surface area contributed by atoms with Gasteiger partial charge in [-0.2, -0.15) is 0 Å². The fourth-order valence-corrected chi connectivity index (χ4v) is 2.78. The van der Waals surface area contributed by atoms with E-state index in [1.165, 1.54) is 0 Å². The summed E-state index contributed by atoms with van der Waals surface area (Å²) in [7, 11) is 1.60. The van der Waals surface area contributed by atoms with Crippen molar-refractivity contribution in [1.29, 1.82) is 0 Å². The fraction of sp³-hybridized carbons (Fsp3) is 0.0500. The monoisotopic (exact) mass is 302 g/mol. The molecular weight excluding hydrogens is 288 g/mol. The van der Waals surface area contributed by atoms with E-state index in [2.05, 4.69) is 0 Å². The van der Waals surface area contributed by atoms with Crippen molar-refractivity contribution in [3.8, 4) is 5.75 Å². The molecule has 0 aliphatic heterocycles. The van der Waals surface area contributed by atoms with Crippen molar-refractivity contribution >= 4 is 27.7 Å². The first-order chi connectivity index (χ1) is 11.3. The van der Waals surface area contributed by atoms with Gasteiger partial charge < -0.3 is 9.15 Å². The van der Waals surface area contributed by atoms with Crippen LogP contribution in [-0.4, -0.2) is 12.9 Å². The first-order valence-corrected chi connectivity index (χ1v) is 7.36. The van der Waals surface area contributed by atoms with E-state index in [0.717, 1.165) is 27.7 Å². The summed E-state index contributed by atoms with van der Waals surface area (Å²) in [6.07, 6.45) is 0. The van der Waals surface area contributed by atoms with Crippen molar-refractivity contribution in [3.63, 3.8) is 0 Å². The topological polar surface area (TPSA) is 39.4 Å². The zero-order valence-corrected chi connectivity index (χ0v) is 12.6. The number of ether oxygens (including phenoxy) is 1. The Morgan fingerprint density at radius 1 is 0.826 bits per heavy atom. The maximum atomic E-state index is 12.6. The summed E-state index contributed by atoms with van der Waals surface area (Å²) in [5.74, 6) is 0.698. The minimum Gasteiger partial charge on any atom is -0.497 e. The number of hydrogen-bond donors (Lipinski definition) is 0. The highest BCUT2D eigenvalue weighted by Crippen LogP contribution is 2.29. The fourth-order valence-electron chi connectivity index (χ4n) is 2.78. The largest absolute Gasteiger partial charge is 0.497 e. The van der Waals surface area contributed by atoms with Gasteiger partial charge in [0.1, 0.15) is 16.9 Å². The van der Waals surface area contributed by atoms with Gasteiger partial charge in [-0.3, -0.25) is 4.79 Å². The van der Waals surface area contributed by atoms with Crippen molar-refractivity contribution in [1.82, 2.24) is 0 Å². The Bertz CT molecular complexity index is 1010. The van der Waals surface area contributed by atoms with Crippen molar-refractivity contribution in [3.05, 3.63) is 77.9 Å². The Morgan fingerprint density at radius 3 is 2.30 bits per heavy atom. The van der Waals surface area contributed by atoms with E-state index < -0.39 is 0 Å². The third kappa shape index (κ3) is 2.27. The number of para-hydroxylation sites is 1. The summed E-state index contributed by atoms with van der Waals surface area (Å²) in [6, 6.07) is 20.6. The van der Waals surface area contributed by atoms with Gasteiger partial charge in [-0.15, -0.1) is 0 Å². The number of methoxy groups -OCH3 is 1.